The molecule has 1 amide bonds. The summed E-state index contributed by atoms with van der Waals surface area (Å²) in [7, 11) is 0. The molecule has 0 radical (unpaired) electrons. The van der Waals surface area contributed by atoms with Crippen LogP contribution in [0.5, 0.6) is 0 Å². The summed E-state index contributed by atoms with van der Waals surface area (Å²) in [5.74, 6) is -60.0. The van der Waals surface area contributed by atoms with Crippen molar-refractivity contribution >= 4 is 22.4 Å². The zero-order valence-electron chi connectivity index (χ0n) is 18.3. The number of anilines is 1. The number of carbonyl (C=O) groups is 1. The molecule has 0 saturated carbocycles. The predicted molar refractivity (Wildman–Crippen MR) is 102 cm³/mol. The second-order valence-electron chi connectivity index (χ2n) is 7.73. The summed E-state index contributed by atoms with van der Waals surface area (Å²) in [6, 6.07) is 5.82. The summed E-state index contributed by atoms with van der Waals surface area (Å²) in [5.41, 5.74) is 0.844. The Morgan fingerprint density at radius 3 is 1.64 bits per heavy atom. The molecule has 0 aliphatic heterocycles. The highest BCUT2D eigenvalue weighted by Gasteiger charge is 2.94. The molecule has 0 bridgehead atoms. The number of thiazole rings is 1. The van der Waals surface area contributed by atoms with E-state index in [-0.39, 0.29) is 22.6 Å². The maximum Gasteiger partial charge on any atom is 0.393 e. The van der Waals surface area contributed by atoms with E-state index in [2.05, 4.69) is 4.98 Å². The molecule has 220 valence electrons. The number of halogens is 16. The van der Waals surface area contributed by atoms with Crippen LogP contribution in [0.15, 0.2) is 29.6 Å². The smallest absolute Gasteiger partial charge is 0.296 e. The lowest BCUT2D eigenvalue weighted by Crippen LogP contribution is -2.74. The van der Waals surface area contributed by atoms with Gasteiger partial charge in [0.15, 0.2) is 5.13 Å². The Kier molecular flexibility index (Phi) is 8.05. The van der Waals surface area contributed by atoms with Gasteiger partial charge < -0.3 is 0 Å². The standard InChI is InChI=1S/C19H10F16N2OS/c1-7-2-4-8(5-3-7)9-6-39-12(36-9)37-11(38)14(24,25)16(28,29)18(32,33)19(34,35)17(30,31)15(26,27)13(22,23)10(20)21/h2-6,10H,1H3,(H,36,37,38). The van der Waals surface area contributed by atoms with Crippen molar-refractivity contribution in [3.05, 3.63) is 35.2 Å². The van der Waals surface area contributed by atoms with E-state index in [9.17, 15) is 75.0 Å². The molecule has 0 fully saturated rings. The van der Waals surface area contributed by atoms with Crippen molar-refractivity contribution in [3.8, 4) is 11.3 Å². The number of aromatic nitrogens is 1. The molecule has 0 saturated heterocycles. The van der Waals surface area contributed by atoms with E-state index in [0.717, 1.165) is 16.3 Å². The molecule has 0 aliphatic rings. The minimum absolute atomic E-state index is 0.121. The summed E-state index contributed by atoms with van der Waals surface area (Å²) in [4.78, 5) is 15.1. The second-order valence-corrected chi connectivity index (χ2v) is 8.59. The Balaban J connectivity index is 2.44. The quantitative estimate of drug-likeness (QED) is 0.277. The highest BCUT2D eigenvalue weighted by molar-refractivity contribution is 7.14. The van der Waals surface area contributed by atoms with Crippen LogP contribution in [0, 0.1) is 6.92 Å². The number of hydrogen-bond donors (Lipinski definition) is 1. The first-order valence-electron chi connectivity index (χ1n) is 9.57. The maximum absolute atomic E-state index is 14.0. The van der Waals surface area contributed by atoms with E-state index in [4.69, 9.17) is 0 Å². The van der Waals surface area contributed by atoms with Crippen molar-refractivity contribution in [2.75, 3.05) is 5.32 Å². The average Bonchev–Trinajstić information content (AvgIpc) is 3.26. The van der Waals surface area contributed by atoms with Crippen molar-refractivity contribution in [2.45, 2.75) is 54.8 Å². The second kappa shape index (κ2) is 9.69. The first kappa shape index (κ1) is 32.4. The summed E-state index contributed by atoms with van der Waals surface area (Å²) >= 11 is 0.199. The molecular weight excluding hydrogens is 608 g/mol. The first-order chi connectivity index (χ1) is 17.3. The molecule has 0 atom stereocenters. The van der Waals surface area contributed by atoms with E-state index < -0.39 is 58.9 Å². The summed E-state index contributed by atoms with van der Waals surface area (Å²) in [6.07, 6.45) is -5.93. The van der Waals surface area contributed by atoms with Gasteiger partial charge in [0.25, 0.3) is 0 Å². The topological polar surface area (TPSA) is 42.0 Å². The van der Waals surface area contributed by atoms with Gasteiger partial charge in [-0.1, -0.05) is 29.8 Å². The lowest BCUT2D eigenvalue weighted by molar-refractivity contribution is -0.443. The van der Waals surface area contributed by atoms with Gasteiger partial charge >= 0.3 is 53.8 Å². The molecular formula is C19H10F16N2OS. The number of amides is 1. The number of alkyl halides is 16. The van der Waals surface area contributed by atoms with Crippen LogP contribution < -0.4 is 5.32 Å². The van der Waals surface area contributed by atoms with Crippen molar-refractivity contribution in [2.24, 2.45) is 0 Å². The number of nitrogens with one attached hydrogen (secondary N) is 1. The minimum atomic E-state index is -8.57. The van der Waals surface area contributed by atoms with Gasteiger partial charge in [0, 0.05) is 10.9 Å². The lowest BCUT2D eigenvalue weighted by atomic mass is 9.89. The molecule has 0 aliphatic carbocycles. The van der Waals surface area contributed by atoms with Crippen molar-refractivity contribution in [1.82, 2.24) is 4.98 Å². The molecule has 3 nitrogen and oxygen atoms in total. The van der Waals surface area contributed by atoms with E-state index >= 15 is 0 Å². The molecule has 0 spiro atoms. The number of benzene rings is 1. The number of nitrogens with zero attached hydrogens (tertiary/aromatic N) is 1. The lowest BCUT2D eigenvalue weighted by Gasteiger charge is -2.42. The fraction of sp³-hybridized carbons (Fsp3) is 0.474. The van der Waals surface area contributed by atoms with Gasteiger partial charge in [0.1, 0.15) is 0 Å². The molecule has 39 heavy (non-hydrogen) atoms. The van der Waals surface area contributed by atoms with Crippen LogP contribution in [-0.4, -0.2) is 58.8 Å². The van der Waals surface area contributed by atoms with Gasteiger partial charge in [-0.25, -0.2) is 13.8 Å². The van der Waals surface area contributed by atoms with E-state index in [1.807, 2.05) is 0 Å². The third-order valence-electron chi connectivity index (χ3n) is 5.02. The molecule has 0 unspecified atom stereocenters. The van der Waals surface area contributed by atoms with Crippen LogP contribution in [0.1, 0.15) is 5.56 Å². The van der Waals surface area contributed by atoms with Crippen LogP contribution >= 0.6 is 11.3 Å². The fourth-order valence-corrected chi connectivity index (χ4v) is 3.36. The Morgan fingerprint density at radius 1 is 0.744 bits per heavy atom. The van der Waals surface area contributed by atoms with Crippen LogP contribution in [0.2, 0.25) is 0 Å². The largest absolute Gasteiger partial charge is 0.393 e. The molecule has 20 heteroatoms. The van der Waals surface area contributed by atoms with Gasteiger partial charge in [0.05, 0.1) is 5.69 Å². The van der Waals surface area contributed by atoms with Crippen LogP contribution in [-0.2, 0) is 4.79 Å². The summed E-state index contributed by atoms with van der Waals surface area (Å²) < 4.78 is 214. The van der Waals surface area contributed by atoms with Gasteiger partial charge in [-0.3, -0.25) is 10.1 Å². The average molecular weight is 618 g/mol. The normalized spacial score (nSPS) is 14.6. The molecule has 2 aromatic rings. The van der Waals surface area contributed by atoms with Gasteiger partial charge in [0.2, 0.25) is 0 Å². The highest BCUT2D eigenvalue weighted by atomic mass is 32.1. The molecule has 1 heterocycles. The Labute approximate surface area is 209 Å². The van der Waals surface area contributed by atoms with Crippen LogP contribution in [0.4, 0.5) is 75.4 Å². The first-order valence-corrected chi connectivity index (χ1v) is 10.5. The Bertz CT molecular complexity index is 1190. The fourth-order valence-electron chi connectivity index (χ4n) is 2.64. The van der Waals surface area contributed by atoms with Crippen LogP contribution in [0.25, 0.3) is 11.3 Å². The van der Waals surface area contributed by atoms with E-state index in [1.54, 1.807) is 6.92 Å². The third-order valence-corrected chi connectivity index (χ3v) is 5.78. The Hall–Kier alpha value is -2.80. The zero-order valence-corrected chi connectivity index (χ0v) is 19.1. The molecule has 1 N–H and O–H groups in total. The van der Waals surface area contributed by atoms with Gasteiger partial charge in [-0.05, 0) is 6.92 Å². The van der Waals surface area contributed by atoms with E-state index in [1.165, 1.54) is 24.3 Å². The number of hydrogen-bond acceptors (Lipinski definition) is 3. The van der Waals surface area contributed by atoms with Crippen molar-refractivity contribution in [1.29, 1.82) is 0 Å². The van der Waals surface area contributed by atoms with Crippen LogP contribution in [0.3, 0.4) is 0 Å². The SMILES string of the molecule is Cc1ccc(-c2csc(NC(=O)C(F)(F)C(F)(F)C(F)(F)C(F)(F)C(F)(F)C(F)(F)C(F)(F)C(F)F)n2)cc1. The van der Waals surface area contributed by atoms with Crippen molar-refractivity contribution in [3.63, 3.8) is 0 Å². The summed E-state index contributed by atoms with van der Waals surface area (Å²) in [5, 5.41) is 0.785. The zero-order chi connectivity index (χ0) is 30.6. The Morgan fingerprint density at radius 2 is 1.18 bits per heavy atom. The summed E-state index contributed by atoms with van der Waals surface area (Å²) in [6.45, 7) is 1.65. The van der Waals surface area contributed by atoms with E-state index in [0.29, 0.717) is 0 Å². The third kappa shape index (κ3) is 4.77. The maximum atomic E-state index is 14.0. The highest BCUT2D eigenvalue weighted by Crippen LogP contribution is 2.62. The minimum Gasteiger partial charge on any atom is -0.296 e. The number of carbonyl (C=O) groups excluding carboxylic acids is 1. The van der Waals surface area contributed by atoms with Gasteiger partial charge in [-0.15, -0.1) is 11.3 Å². The monoisotopic (exact) mass is 618 g/mol. The molecule has 2 rings (SSSR count). The van der Waals surface area contributed by atoms with Crippen molar-refractivity contribution < 1.29 is 75.0 Å². The van der Waals surface area contributed by atoms with Gasteiger partial charge in [-0.2, -0.15) is 61.5 Å². The predicted octanol–water partition coefficient (Wildman–Crippen LogP) is 7.77. The molecule has 1 aromatic heterocycles. The number of rotatable bonds is 10. The molecule has 1 aromatic carbocycles. The number of aryl methyl sites for hydroxylation is 1.